The van der Waals surface area contributed by atoms with Gasteiger partial charge in [-0.1, -0.05) is 63.2 Å². The topological polar surface area (TPSA) is 52.9 Å². The minimum atomic E-state index is -0.292. The number of morpholine rings is 1. The average molecular weight is 454 g/mol. The van der Waals surface area contributed by atoms with E-state index in [0.717, 1.165) is 65.0 Å². The van der Waals surface area contributed by atoms with Gasteiger partial charge >= 0.3 is 0 Å². The molecule has 1 saturated heterocycles. The lowest BCUT2D eigenvalue weighted by Crippen LogP contribution is -2.41. The third kappa shape index (κ3) is 7.38. The molecule has 0 saturated carbocycles. The highest BCUT2D eigenvalue weighted by atomic mass is 16.5. The Morgan fingerprint density at radius 2 is 1.55 bits per heavy atom. The van der Waals surface area contributed by atoms with Crippen LogP contribution in [0.25, 0.3) is 0 Å². The van der Waals surface area contributed by atoms with Crippen LogP contribution < -0.4 is 0 Å². The molecule has 0 amide bonds. The standard InChI is InChI=1S/C29H43NO3/c1-5-27(31)15-10-24-9-13-26(20-22(24)2)29(3,4)25-11-6-23(7-12-25)8-14-28(32)21-30-16-18-33-19-17-30/h6-7,9,11-13,20,27-28,31-32H,5,8,10,14-19,21H2,1-4H3/t27-,28+/m1/s1. The predicted octanol–water partition coefficient (Wildman–Crippen LogP) is 4.65. The number of hydrogen-bond acceptors (Lipinski definition) is 4. The lowest BCUT2D eigenvalue weighted by atomic mass is 9.77. The van der Waals surface area contributed by atoms with Crippen LogP contribution in [-0.2, 0) is 23.0 Å². The maximum absolute atomic E-state index is 10.4. The number of nitrogens with zero attached hydrogens (tertiary/aromatic N) is 1. The number of β-amino-alcohol motifs (C(OH)–C–C–N with tert-alkyl or cyclic N) is 1. The van der Waals surface area contributed by atoms with E-state index in [4.69, 9.17) is 4.74 Å². The Morgan fingerprint density at radius 3 is 2.18 bits per heavy atom. The highest BCUT2D eigenvalue weighted by Gasteiger charge is 2.24. The van der Waals surface area contributed by atoms with Crippen LogP contribution in [0, 0.1) is 6.92 Å². The summed E-state index contributed by atoms with van der Waals surface area (Å²) >= 11 is 0. The van der Waals surface area contributed by atoms with Gasteiger partial charge in [-0.2, -0.15) is 0 Å². The van der Waals surface area contributed by atoms with Gasteiger partial charge in [0.1, 0.15) is 0 Å². The molecule has 4 heteroatoms. The van der Waals surface area contributed by atoms with Gasteiger partial charge in [0.2, 0.25) is 0 Å². The summed E-state index contributed by atoms with van der Waals surface area (Å²) in [4.78, 5) is 2.29. The van der Waals surface area contributed by atoms with Gasteiger partial charge in [-0.3, -0.25) is 4.90 Å². The first-order chi connectivity index (χ1) is 15.8. The molecule has 0 bridgehead atoms. The minimum absolute atomic E-state index is 0.0827. The molecule has 1 fully saturated rings. The fourth-order valence-electron chi connectivity index (χ4n) is 4.65. The van der Waals surface area contributed by atoms with Crippen molar-refractivity contribution in [1.82, 2.24) is 4.90 Å². The predicted molar refractivity (Wildman–Crippen MR) is 136 cm³/mol. The van der Waals surface area contributed by atoms with Crippen molar-refractivity contribution in [2.45, 2.75) is 77.4 Å². The van der Waals surface area contributed by atoms with Gasteiger partial charge < -0.3 is 14.9 Å². The molecule has 0 spiro atoms. The van der Waals surface area contributed by atoms with Crippen molar-refractivity contribution in [2.24, 2.45) is 0 Å². The van der Waals surface area contributed by atoms with Crippen LogP contribution in [0.2, 0.25) is 0 Å². The Bertz CT molecular complexity index is 856. The van der Waals surface area contributed by atoms with Gasteiger partial charge in [0.05, 0.1) is 25.4 Å². The van der Waals surface area contributed by atoms with Crippen molar-refractivity contribution in [3.05, 3.63) is 70.3 Å². The van der Waals surface area contributed by atoms with Crippen LogP contribution in [-0.4, -0.2) is 60.2 Å². The van der Waals surface area contributed by atoms with Gasteiger partial charge in [0.15, 0.2) is 0 Å². The molecule has 0 aromatic heterocycles. The molecule has 0 radical (unpaired) electrons. The van der Waals surface area contributed by atoms with Crippen molar-refractivity contribution in [2.75, 3.05) is 32.8 Å². The normalized spacial score (nSPS) is 17.2. The first-order valence-electron chi connectivity index (χ1n) is 12.6. The van der Waals surface area contributed by atoms with Crippen molar-refractivity contribution in [3.8, 4) is 0 Å². The third-order valence-corrected chi connectivity index (χ3v) is 7.30. The average Bonchev–Trinajstić information content (AvgIpc) is 2.82. The molecule has 2 aromatic carbocycles. The Labute approximate surface area is 200 Å². The largest absolute Gasteiger partial charge is 0.393 e. The maximum atomic E-state index is 10.4. The van der Waals surface area contributed by atoms with Gasteiger partial charge in [-0.25, -0.2) is 0 Å². The second-order valence-electron chi connectivity index (χ2n) is 10.2. The molecule has 33 heavy (non-hydrogen) atoms. The van der Waals surface area contributed by atoms with Crippen molar-refractivity contribution < 1.29 is 14.9 Å². The lowest BCUT2D eigenvalue weighted by Gasteiger charge is -2.28. The second-order valence-corrected chi connectivity index (χ2v) is 10.2. The Kier molecular flexibility index (Phi) is 9.51. The van der Waals surface area contributed by atoms with Crippen LogP contribution in [0.5, 0.6) is 0 Å². The quantitative estimate of drug-likeness (QED) is 0.520. The van der Waals surface area contributed by atoms with Crippen LogP contribution in [0.15, 0.2) is 42.5 Å². The zero-order chi connectivity index (χ0) is 23.8. The third-order valence-electron chi connectivity index (χ3n) is 7.30. The molecule has 2 N–H and O–H groups in total. The monoisotopic (exact) mass is 453 g/mol. The van der Waals surface area contributed by atoms with Crippen molar-refractivity contribution in [1.29, 1.82) is 0 Å². The Morgan fingerprint density at radius 1 is 0.909 bits per heavy atom. The number of aliphatic hydroxyl groups is 2. The number of hydrogen-bond donors (Lipinski definition) is 2. The summed E-state index contributed by atoms with van der Waals surface area (Å²) in [5.74, 6) is 0. The van der Waals surface area contributed by atoms with Gasteiger partial charge in [0.25, 0.3) is 0 Å². The number of benzene rings is 2. The molecule has 3 rings (SSSR count). The molecule has 0 unspecified atom stereocenters. The van der Waals surface area contributed by atoms with Gasteiger partial charge in [-0.05, 0) is 66.8 Å². The summed E-state index contributed by atoms with van der Waals surface area (Å²) in [5.41, 5.74) is 6.43. The second kappa shape index (κ2) is 12.1. The zero-order valence-electron chi connectivity index (χ0n) is 21.0. The van der Waals surface area contributed by atoms with Crippen LogP contribution in [0.4, 0.5) is 0 Å². The molecule has 4 nitrogen and oxygen atoms in total. The van der Waals surface area contributed by atoms with Gasteiger partial charge in [-0.15, -0.1) is 0 Å². The zero-order valence-corrected chi connectivity index (χ0v) is 21.0. The summed E-state index contributed by atoms with van der Waals surface area (Å²) in [6.45, 7) is 12.9. The first-order valence-corrected chi connectivity index (χ1v) is 12.6. The van der Waals surface area contributed by atoms with E-state index in [1.54, 1.807) is 0 Å². The number of aryl methyl sites for hydroxylation is 3. The fraction of sp³-hybridized carbons (Fsp3) is 0.586. The van der Waals surface area contributed by atoms with E-state index in [2.05, 4.69) is 68.1 Å². The molecule has 2 atom stereocenters. The summed E-state index contributed by atoms with van der Waals surface area (Å²) in [7, 11) is 0. The SMILES string of the molecule is CC[C@@H](O)CCc1ccc(C(C)(C)c2ccc(CC[C@H](O)CN3CCOCC3)cc2)cc1C. The van der Waals surface area contributed by atoms with Crippen molar-refractivity contribution in [3.63, 3.8) is 0 Å². The van der Waals surface area contributed by atoms with Crippen molar-refractivity contribution >= 4 is 0 Å². The van der Waals surface area contributed by atoms with E-state index in [-0.39, 0.29) is 17.6 Å². The molecule has 182 valence electrons. The molecule has 1 aliphatic rings. The lowest BCUT2D eigenvalue weighted by molar-refractivity contribution is 0.0133. The fourth-order valence-corrected chi connectivity index (χ4v) is 4.65. The van der Waals surface area contributed by atoms with Crippen LogP contribution in [0.3, 0.4) is 0 Å². The Balaban J connectivity index is 1.57. The summed E-state index contributed by atoms with van der Waals surface area (Å²) < 4.78 is 5.38. The minimum Gasteiger partial charge on any atom is -0.393 e. The highest BCUT2D eigenvalue weighted by molar-refractivity contribution is 5.42. The van der Waals surface area contributed by atoms with E-state index in [0.29, 0.717) is 0 Å². The van der Waals surface area contributed by atoms with E-state index in [1.165, 1.54) is 27.8 Å². The molecule has 0 aliphatic carbocycles. The van der Waals surface area contributed by atoms with Gasteiger partial charge in [0, 0.05) is 25.0 Å². The molecule has 1 heterocycles. The summed E-state index contributed by atoms with van der Waals surface area (Å²) in [6.07, 6.45) is 3.74. The number of ether oxygens (including phenoxy) is 1. The van der Waals surface area contributed by atoms with E-state index in [9.17, 15) is 10.2 Å². The molecular weight excluding hydrogens is 410 g/mol. The van der Waals surface area contributed by atoms with Crippen LogP contribution >= 0.6 is 0 Å². The Hall–Kier alpha value is -1.72. The van der Waals surface area contributed by atoms with E-state index >= 15 is 0 Å². The van der Waals surface area contributed by atoms with Crippen LogP contribution in [0.1, 0.15) is 67.9 Å². The number of rotatable bonds is 11. The molecule has 2 aromatic rings. The molecule has 1 aliphatic heterocycles. The van der Waals surface area contributed by atoms with E-state index in [1.807, 2.05) is 6.92 Å². The van der Waals surface area contributed by atoms with E-state index < -0.39 is 0 Å². The summed E-state index contributed by atoms with van der Waals surface area (Å²) in [6, 6.07) is 15.7. The first kappa shape index (κ1) is 25.9. The maximum Gasteiger partial charge on any atom is 0.0670 e. The summed E-state index contributed by atoms with van der Waals surface area (Å²) in [5, 5.41) is 20.3. The molecular formula is C29H43NO3. The smallest absolute Gasteiger partial charge is 0.0670 e. The highest BCUT2D eigenvalue weighted by Crippen LogP contribution is 2.33. The number of aliphatic hydroxyl groups excluding tert-OH is 2.